The van der Waals surface area contributed by atoms with Gasteiger partial charge in [-0.3, -0.25) is 4.98 Å². The van der Waals surface area contributed by atoms with Gasteiger partial charge in [-0.15, -0.1) is 0 Å². The number of pyridine rings is 1. The predicted octanol–water partition coefficient (Wildman–Crippen LogP) is 2.86. The van der Waals surface area contributed by atoms with E-state index in [1.54, 1.807) is 18.3 Å². The van der Waals surface area contributed by atoms with Crippen LogP contribution in [-0.4, -0.2) is 11.6 Å². The quantitative estimate of drug-likeness (QED) is 0.899. The lowest BCUT2D eigenvalue weighted by Crippen LogP contribution is -2.07. The normalized spacial score (nSPS) is 12.2. The second kappa shape index (κ2) is 6.29. The molecule has 19 heavy (non-hydrogen) atoms. The molecule has 1 heterocycles. The molecule has 1 atom stereocenters. The topological polar surface area (TPSA) is 48.1 Å². The highest BCUT2D eigenvalue weighted by atomic mass is 19.1. The van der Waals surface area contributed by atoms with Gasteiger partial charge in [-0.25, -0.2) is 4.39 Å². The van der Waals surface area contributed by atoms with E-state index in [0.717, 1.165) is 11.3 Å². The summed E-state index contributed by atoms with van der Waals surface area (Å²) in [5.41, 5.74) is 7.38. The van der Waals surface area contributed by atoms with Gasteiger partial charge < -0.3 is 10.5 Å². The Kier molecular flexibility index (Phi) is 4.47. The van der Waals surface area contributed by atoms with Crippen LogP contribution in [0.5, 0.6) is 5.75 Å². The first-order valence-corrected chi connectivity index (χ1v) is 6.24. The molecule has 0 bridgehead atoms. The third-order valence-electron chi connectivity index (χ3n) is 2.82. The molecule has 1 aromatic carbocycles. The Bertz CT molecular complexity index is 529. The minimum atomic E-state index is -0.379. The van der Waals surface area contributed by atoms with Crippen molar-refractivity contribution in [2.75, 3.05) is 6.61 Å². The molecule has 0 aliphatic carbocycles. The predicted molar refractivity (Wildman–Crippen MR) is 72.4 cm³/mol. The molecule has 4 heteroatoms. The summed E-state index contributed by atoms with van der Waals surface area (Å²) in [6.45, 7) is 2.21. The number of aromatic nitrogens is 1. The second-order valence-electron chi connectivity index (χ2n) is 4.40. The Hall–Kier alpha value is -1.94. The smallest absolute Gasteiger partial charge is 0.165 e. The lowest BCUT2D eigenvalue weighted by molar-refractivity contribution is 0.304. The van der Waals surface area contributed by atoms with E-state index in [1.807, 2.05) is 25.1 Å². The SMILES string of the molecule is C[C@@H](N)c1ccc(OCCc2ccccn2)c(F)c1. The first-order chi connectivity index (χ1) is 9.16. The fraction of sp³-hybridized carbons (Fsp3) is 0.267. The number of hydrogen-bond donors (Lipinski definition) is 1. The summed E-state index contributed by atoms with van der Waals surface area (Å²) in [6, 6.07) is 10.3. The molecule has 2 rings (SSSR count). The molecule has 0 spiro atoms. The molecule has 2 N–H and O–H groups in total. The average Bonchev–Trinajstić information content (AvgIpc) is 2.41. The molecule has 0 saturated carbocycles. The van der Waals surface area contributed by atoms with E-state index in [1.165, 1.54) is 6.07 Å². The standard InChI is InChI=1S/C15H17FN2O/c1-11(17)12-5-6-15(14(16)10-12)19-9-7-13-4-2-3-8-18-13/h2-6,8,10-11H,7,9,17H2,1H3/t11-/m1/s1. The van der Waals surface area contributed by atoms with Crippen LogP contribution in [0.1, 0.15) is 24.2 Å². The van der Waals surface area contributed by atoms with Gasteiger partial charge in [0.05, 0.1) is 6.61 Å². The molecule has 0 aliphatic heterocycles. The number of nitrogens with zero attached hydrogens (tertiary/aromatic N) is 1. The summed E-state index contributed by atoms with van der Waals surface area (Å²) >= 11 is 0. The van der Waals surface area contributed by atoms with Crippen molar-refractivity contribution in [3.05, 3.63) is 59.7 Å². The summed E-state index contributed by atoms with van der Waals surface area (Å²) < 4.78 is 19.2. The Morgan fingerprint density at radius 3 is 2.79 bits per heavy atom. The van der Waals surface area contributed by atoms with Gasteiger partial charge in [0.2, 0.25) is 0 Å². The van der Waals surface area contributed by atoms with E-state index in [0.29, 0.717) is 13.0 Å². The first kappa shape index (κ1) is 13.5. The van der Waals surface area contributed by atoms with E-state index >= 15 is 0 Å². The monoisotopic (exact) mass is 260 g/mol. The van der Waals surface area contributed by atoms with Gasteiger partial charge in [-0.05, 0) is 36.8 Å². The average molecular weight is 260 g/mol. The lowest BCUT2D eigenvalue weighted by Gasteiger charge is -2.10. The van der Waals surface area contributed by atoms with Crippen LogP contribution in [0.3, 0.4) is 0 Å². The minimum Gasteiger partial charge on any atom is -0.490 e. The molecule has 0 amide bonds. The fourth-order valence-electron chi connectivity index (χ4n) is 1.73. The van der Waals surface area contributed by atoms with Crippen molar-refractivity contribution >= 4 is 0 Å². The van der Waals surface area contributed by atoms with Crippen LogP contribution in [0.15, 0.2) is 42.6 Å². The van der Waals surface area contributed by atoms with Gasteiger partial charge in [-0.1, -0.05) is 12.1 Å². The van der Waals surface area contributed by atoms with E-state index in [9.17, 15) is 4.39 Å². The van der Waals surface area contributed by atoms with Crippen LogP contribution in [0.25, 0.3) is 0 Å². The maximum absolute atomic E-state index is 13.7. The van der Waals surface area contributed by atoms with E-state index in [2.05, 4.69) is 4.98 Å². The zero-order valence-corrected chi connectivity index (χ0v) is 10.8. The highest BCUT2D eigenvalue weighted by molar-refractivity contribution is 5.30. The van der Waals surface area contributed by atoms with Gasteiger partial charge in [0, 0.05) is 24.4 Å². The first-order valence-electron chi connectivity index (χ1n) is 6.24. The van der Waals surface area contributed by atoms with Crippen molar-refractivity contribution in [1.82, 2.24) is 4.98 Å². The van der Waals surface area contributed by atoms with Crippen molar-refractivity contribution in [3.8, 4) is 5.75 Å². The summed E-state index contributed by atoms with van der Waals surface area (Å²) in [6.07, 6.45) is 2.38. The van der Waals surface area contributed by atoms with Crippen LogP contribution < -0.4 is 10.5 Å². The third-order valence-corrected chi connectivity index (χ3v) is 2.82. The molecular formula is C15H17FN2O. The molecule has 100 valence electrons. The Morgan fingerprint density at radius 2 is 2.16 bits per heavy atom. The van der Waals surface area contributed by atoms with Crippen molar-refractivity contribution in [2.45, 2.75) is 19.4 Å². The minimum absolute atomic E-state index is 0.183. The van der Waals surface area contributed by atoms with Crippen molar-refractivity contribution < 1.29 is 9.13 Å². The van der Waals surface area contributed by atoms with Gasteiger partial charge in [0.1, 0.15) is 0 Å². The molecule has 0 unspecified atom stereocenters. The van der Waals surface area contributed by atoms with Gasteiger partial charge >= 0.3 is 0 Å². The van der Waals surface area contributed by atoms with Crippen LogP contribution >= 0.6 is 0 Å². The Morgan fingerprint density at radius 1 is 1.32 bits per heavy atom. The van der Waals surface area contributed by atoms with Crippen LogP contribution in [-0.2, 0) is 6.42 Å². The van der Waals surface area contributed by atoms with Gasteiger partial charge in [0.15, 0.2) is 11.6 Å². The van der Waals surface area contributed by atoms with Crippen molar-refractivity contribution in [1.29, 1.82) is 0 Å². The maximum Gasteiger partial charge on any atom is 0.165 e. The van der Waals surface area contributed by atoms with E-state index < -0.39 is 0 Å². The number of halogens is 1. The summed E-state index contributed by atoms with van der Waals surface area (Å²) in [5.74, 6) is -0.129. The number of benzene rings is 1. The van der Waals surface area contributed by atoms with Crippen LogP contribution in [0.4, 0.5) is 4.39 Å². The molecule has 0 saturated heterocycles. The largest absolute Gasteiger partial charge is 0.490 e. The number of hydrogen-bond acceptors (Lipinski definition) is 3. The molecule has 0 fully saturated rings. The zero-order valence-electron chi connectivity index (χ0n) is 10.8. The van der Waals surface area contributed by atoms with E-state index in [4.69, 9.17) is 10.5 Å². The Labute approximate surface area is 112 Å². The zero-order chi connectivity index (χ0) is 13.7. The number of ether oxygens (including phenoxy) is 1. The molecular weight excluding hydrogens is 243 g/mol. The fourth-order valence-corrected chi connectivity index (χ4v) is 1.73. The number of nitrogens with two attached hydrogens (primary N) is 1. The molecule has 1 aromatic heterocycles. The highest BCUT2D eigenvalue weighted by Crippen LogP contribution is 2.21. The molecule has 3 nitrogen and oxygen atoms in total. The second-order valence-corrected chi connectivity index (χ2v) is 4.40. The maximum atomic E-state index is 13.7. The molecule has 2 aromatic rings. The highest BCUT2D eigenvalue weighted by Gasteiger charge is 2.07. The summed E-state index contributed by atoms with van der Waals surface area (Å²) in [7, 11) is 0. The summed E-state index contributed by atoms with van der Waals surface area (Å²) in [4.78, 5) is 4.18. The van der Waals surface area contributed by atoms with E-state index in [-0.39, 0.29) is 17.6 Å². The van der Waals surface area contributed by atoms with Gasteiger partial charge in [0.25, 0.3) is 0 Å². The summed E-state index contributed by atoms with van der Waals surface area (Å²) in [5, 5.41) is 0. The van der Waals surface area contributed by atoms with Crippen LogP contribution in [0.2, 0.25) is 0 Å². The lowest BCUT2D eigenvalue weighted by atomic mass is 10.1. The van der Waals surface area contributed by atoms with Crippen molar-refractivity contribution in [2.24, 2.45) is 5.73 Å². The Balaban J connectivity index is 1.93. The number of rotatable bonds is 5. The third kappa shape index (κ3) is 3.76. The van der Waals surface area contributed by atoms with Gasteiger partial charge in [-0.2, -0.15) is 0 Å². The molecule has 0 radical (unpaired) electrons. The van der Waals surface area contributed by atoms with Crippen LogP contribution in [0, 0.1) is 5.82 Å². The molecule has 0 aliphatic rings. The van der Waals surface area contributed by atoms with Crippen molar-refractivity contribution in [3.63, 3.8) is 0 Å².